The molecule has 2 aromatic rings. The van der Waals surface area contributed by atoms with E-state index in [0.29, 0.717) is 12.3 Å². The third kappa shape index (κ3) is 3.05. The Morgan fingerprint density at radius 1 is 1.50 bits per heavy atom. The number of fused-ring (bicyclic) bond motifs is 1. The highest BCUT2D eigenvalue weighted by molar-refractivity contribution is 7.10. The lowest BCUT2D eigenvalue weighted by atomic mass is 9.94. The first kappa shape index (κ1) is 14.0. The Morgan fingerprint density at radius 3 is 3.20 bits per heavy atom. The van der Waals surface area contributed by atoms with Gasteiger partial charge in [-0.25, -0.2) is 4.98 Å². The highest BCUT2D eigenvalue weighted by atomic mass is 35.5. The van der Waals surface area contributed by atoms with E-state index in [2.05, 4.69) is 21.7 Å². The molecule has 0 bridgehead atoms. The van der Waals surface area contributed by atoms with Gasteiger partial charge in [-0.3, -0.25) is 4.79 Å². The van der Waals surface area contributed by atoms with E-state index in [1.165, 1.54) is 21.8 Å². The first-order chi connectivity index (χ1) is 9.76. The Labute approximate surface area is 131 Å². The predicted molar refractivity (Wildman–Crippen MR) is 83.5 cm³/mol. The number of alkyl halides is 1. The van der Waals surface area contributed by atoms with Gasteiger partial charge in [0.05, 0.1) is 24.0 Å². The molecule has 0 aliphatic heterocycles. The Hall–Kier alpha value is -0.910. The minimum atomic E-state index is 0.0459. The average Bonchev–Trinajstić information content (AvgIpc) is 3.07. The van der Waals surface area contributed by atoms with Crippen LogP contribution in [0.25, 0.3) is 0 Å². The second kappa shape index (κ2) is 6.24. The molecule has 1 atom stereocenters. The zero-order valence-electron chi connectivity index (χ0n) is 10.9. The van der Waals surface area contributed by atoms with Gasteiger partial charge in [0.2, 0.25) is 5.91 Å². The maximum Gasteiger partial charge on any atom is 0.227 e. The SMILES string of the molecule is O=C(Cc1nc(CCl)cs1)NC1CCCc2sccc21. The summed E-state index contributed by atoms with van der Waals surface area (Å²) in [5.74, 6) is 0.448. The Morgan fingerprint density at radius 2 is 2.40 bits per heavy atom. The zero-order valence-corrected chi connectivity index (χ0v) is 13.3. The van der Waals surface area contributed by atoms with Crippen molar-refractivity contribution in [2.75, 3.05) is 0 Å². The smallest absolute Gasteiger partial charge is 0.227 e. The van der Waals surface area contributed by atoms with E-state index in [9.17, 15) is 4.79 Å². The third-order valence-corrected chi connectivity index (χ3v) is 5.60. The molecular formula is C14H15ClN2OS2. The minimum Gasteiger partial charge on any atom is -0.349 e. The topological polar surface area (TPSA) is 42.0 Å². The van der Waals surface area contributed by atoms with Gasteiger partial charge in [-0.2, -0.15) is 0 Å². The summed E-state index contributed by atoms with van der Waals surface area (Å²) in [4.78, 5) is 17.9. The maximum atomic E-state index is 12.1. The van der Waals surface area contributed by atoms with Crippen LogP contribution in [0.15, 0.2) is 16.8 Å². The number of nitrogens with zero attached hydrogens (tertiary/aromatic N) is 1. The number of thiazole rings is 1. The van der Waals surface area contributed by atoms with Gasteiger partial charge in [-0.15, -0.1) is 34.3 Å². The van der Waals surface area contributed by atoms with Crippen LogP contribution in [-0.2, 0) is 23.5 Å². The van der Waals surface area contributed by atoms with Crippen LogP contribution in [0.3, 0.4) is 0 Å². The summed E-state index contributed by atoms with van der Waals surface area (Å²) in [6, 6.07) is 2.31. The van der Waals surface area contributed by atoms with Crippen molar-refractivity contribution in [2.24, 2.45) is 0 Å². The van der Waals surface area contributed by atoms with Crippen molar-refractivity contribution < 1.29 is 4.79 Å². The van der Waals surface area contributed by atoms with Gasteiger partial charge < -0.3 is 5.32 Å². The van der Waals surface area contributed by atoms with Crippen LogP contribution in [0, 0.1) is 0 Å². The molecule has 0 saturated carbocycles. The molecule has 0 fully saturated rings. The molecule has 20 heavy (non-hydrogen) atoms. The zero-order chi connectivity index (χ0) is 13.9. The fraction of sp³-hybridized carbons (Fsp3) is 0.429. The molecule has 1 aliphatic carbocycles. The van der Waals surface area contributed by atoms with Crippen LogP contribution in [0.2, 0.25) is 0 Å². The normalized spacial score (nSPS) is 17.8. The van der Waals surface area contributed by atoms with Crippen LogP contribution in [0.1, 0.15) is 40.0 Å². The van der Waals surface area contributed by atoms with E-state index in [1.807, 2.05) is 5.38 Å². The van der Waals surface area contributed by atoms with Crippen LogP contribution >= 0.6 is 34.3 Å². The van der Waals surface area contributed by atoms with Crippen molar-refractivity contribution in [1.82, 2.24) is 10.3 Å². The molecular weight excluding hydrogens is 312 g/mol. The number of amides is 1. The molecule has 0 spiro atoms. The van der Waals surface area contributed by atoms with Gasteiger partial charge in [0.15, 0.2) is 0 Å². The van der Waals surface area contributed by atoms with E-state index in [1.54, 1.807) is 11.3 Å². The molecule has 2 aromatic heterocycles. The molecule has 1 amide bonds. The van der Waals surface area contributed by atoms with Crippen LogP contribution in [-0.4, -0.2) is 10.9 Å². The molecule has 0 aromatic carbocycles. The van der Waals surface area contributed by atoms with Crippen molar-refractivity contribution in [3.8, 4) is 0 Å². The number of carbonyl (C=O) groups excluding carboxylic acids is 1. The molecule has 1 aliphatic rings. The molecule has 0 radical (unpaired) electrons. The predicted octanol–water partition coefficient (Wildman–Crippen LogP) is 3.68. The van der Waals surface area contributed by atoms with Gasteiger partial charge in [-0.1, -0.05) is 0 Å². The summed E-state index contributed by atoms with van der Waals surface area (Å²) in [7, 11) is 0. The molecule has 2 heterocycles. The van der Waals surface area contributed by atoms with Gasteiger partial charge >= 0.3 is 0 Å². The van der Waals surface area contributed by atoms with Gasteiger partial charge in [0, 0.05) is 10.3 Å². The highest BCUT2D eigenvalue weighted by Gasteiger charge is 2.22. The van der Waals surface area contributed by atoms with E-state index < -0.39 is 0 Å². The molecule has 1 unspecified atom stereocenters. The van der Waals surface area contributed by atoms with Crippen LogP contribution < -0.4 is 5.32 Å². The van der Waals surface area contributed by atoms with Crippen LogP contribution in [0.4, 0.5) is 0 Å². The van der Waals surface area contributed by atoms with Gasteiger partial charge in [0.1, 0.15) is 5.01 Å². The van der Waals surface area contributed by atoms with Gasteiger partial charge in [0.25, 0.3) is 0 Å². The summed E-state index contributed by atoms with van der Waals surface area (Å²) < 4.78 is 0. The van der Waals surface area contributed by atoms with Gasteiger partial charge in [-0.05, 0) is 36.3 Å². The fourth-order valence-corrected chi connectivity index (χ4v) is 4.52. The third-order valence-electron chi connectivity index (χ3n) is 3.44. The Bertz CT molecular complexity index is 608. The second-order valence-corrected chi connectivity index (χ2v) is 7.07. The van der Waals surface area contributed by atoms with E-state index >= 15 is 0 Å². The van der Waals surface area contributed by atoms with Crippen molar-refractivity contribution in [3.05, 3.63) is 38.0 Å². The number of halogens is 1. The summed E-state index contributed by atoms with van der Waals surface area (Å²) in [5, 5.41) is 7.99. The molecule has 6 heteroatoms. The quantitative estimate of drug-likeness (QED) is 0.871. The van der Waals surface area contributed by atoms with Crippen molar-refractivity contribution in [1.29, 1.82) is 0 Å². The molecule has 3 rings (SSSR count). The maximum absolute atomic E-state index is 12.1. The molecule has 3 nitrogen and oxygen atoms in total. The molecule has 0 saturated heterocycles. The summed E-state index contributed by atoms with van der Waals surface area (Å²) in [5.41, 5.74) is 2.15. The van der Waals surface area contributed by atoms with E-state index in [4.69, 9.17) is 11.6 Å². The number of thiophene rings is 1. The lowest BCUT2D eigenvalue weighted by Crippen LogP contribution is -2.31. The number of hydrogen-bond acceptors (Lipinski definition) is 4. The lowest BCUT2D eigenvalue weighted by molar-refractivity contribution is -0.121. The number of rotatable bonds is 4. The summed E-state index contributed by atoms with van der Waals surface area (Å²) >= 11 is 9.01. The molecule has 106 valence electrons. The van der Waals surface area contributed by atoms with Crippen molar-refractivity contribution >= 4 is 40.2 Å². The number of carbonyl (C=O) groups is 1. The van der Waals surface area contributed by atoms with Crippen molar-refractivity contribution in [2.45, 2.75) is 37.6 Å². The standard InChI is InChI=1S/C14H15ClN2OS2/c15-7-9-8-20-14(16-9)6-13(18)17-11-2-1-3-12-10(11)4-5-19-12/h4-5,8,11H,1-3,6-7H2,(H,17,18). The average molecular weight is 327 g/mol. The largest absolute Gasteiger partial charge is 0.349 e. The van der Waals surface area contributed by atoms with Crippen molar-refractivity contribution in [3.63, 3.8) is 0 Å². The minimum absolute atomic E-state index is 0.0459. The number of aryl methyl sites for hydroxylation is 1. The Balaban J connectivity index is 1.62. The van der Waals surface area contributed by atoms with Crippen LogP contribution in [0.5, 0.6) is 0 Å². The summed E-state index contributed by atoms with van der Waals surface area (Å²) in [6.45, 7) is 0. The first-order valence-corrected chi connectivity index (χ1v) is 8.90. The summed E-state index contributed by atoms with van der Waals surface area (Å²) in [6.07, 6.45) is 3.66. The fourth-order valence-electron chi connectivity index (χ4n) is 2.51. The first-order valence-electron chi connectivity index (χ1n) is 6.61. The molecule has 1 N–H and O–H groups in total. The Kier molecular flexibility index (Phi) is 4.38. The number of aromatic nitrogens is 1. The monoisotopic (exact) mass is 326 g/mol. The van der Waals surface area contributed by atoms with E-state index in [-0.39, 0.29) is 11.9 Å². The number of nitrogens with one attached hydrogen (secondary N) is 1. The lowest BCUT2D eigenvalue weighted by Gasteiger charge is -2.23. The number of hydrogen-bond donors (Lipinski definition) is 1. The second-order valence-electron chi connectivity index (χ2n) is 4.85. The highest BCUT2D eigenvalue weighted by Crippen LogP contribution is 2.33. The van der Waals surface area contributed by atoms with E-state index in [0.717, 1.165) is 30.0 Å².